The zero-order valence-electron chi connectivity index (χ0n) is 10.2. The Bertz CT molecular complexity index is 500. The standard InChI is InChI=1S/C12H14F2N2OS/c1-8(5-6-18(2)17)16-10-4-3-9(7-15)11(13)12(10)14/h3-4,8,16H,5-6H2,1-2H3. The number of hydrogen-bond donors (Lipinski definition) is 1. The molecule has 0 saturated carbocycles. The molecule has 1 aromatic rings. The zero-order valence-corrected chi connectivity index (χ0v) is 11.0. The summed E-state index contributed by atoms with van der Waals surface area (Å²) in [6, 6.07) is 4.00. The molecule has 0 aromatic heterocycles. The van der Waals surface area contributed by atoms with Crippen molar-refractivity contribution in [3.05, 3.63) is 29.3 Å². The highest BCUT2D eigenvalue weighted by Gasteiger charge is 2.14. The molecule has 0 radical (unpaired) electrons. The van der Waals surface area contributed by atoms with Gasteiger partial charge in [-0.3, -0.25) is 4.21 Å². The monoisotopic (exact) mass is 272 g/mol. The topological polar surface area (TPSA) is 52.9 Å². The van der Waals surface area contributed by atoms with E-state index in [2.05, 4.69) is 5.32 Å². The maximum Gasteiger partial charge on any atom is 0.183 e. The van der Waals surface area contributed by atoms with Gasteiger partial charge in [0.2, 0.25) is 0 Å². The van der Waals surface area contributed by atoms with Gasteiger partial charge >= 0.3 is 0 Å². The minimum Gasteiger partial charge on any atom is -0.380 e. The van der Waals surface area contributed by atoms with Gasteiger partial charge in [-0.15, -0.1) is 0 Å². The minimum absolute atomic E-state index is 0.0147. The van der Waals surface area contributed by atoms with Gasteiger partial charge in [0.1, 0.15) is 6.07 Å². The fourth-order valence-electron chi connectivity index (χ4n) is 1.43. The molecule has 2 unspecified atom stereocenters. The van der Waals surface area contributed by atoms with E-state index in [9.17, 15) is 13.0 Å². The first-order valence-corrected chi connectivity index (χ1v) is 7.13. The predicted octanol–water partition coefficient (Wildman–Crippen LogP) is 2.41. The normalized spacial score (nSPS) is 13.7. The van der Waals surface area contributed by atoms with Crippen LogP contribution in [0.15, 0.2) is 12.1 Å². The van der Waals surface area contributed by atoms with E-state index in [1.54, 1.807) is 19.2 Å². The molecule has 0 aliphatic heterocycles. The summed E-state index contributed by atoms with van der Waals surface area (Å²) in [5, 5.41) is 11.3. The summed E-state index contributed by atoms with van der Waals surface area (Å²) in [4.78, 5) is 0. The van der Waals surface area contributed by atoms with Gasteiger partial charge in [-0.05, 0) is 25.5 Å². The Kier molecular flexibility index (Phi) is 5.23. The van der Waals surface area contributed by atoms with E-state index in [1.165, 1.54) is 12.1 Å². The van der Waals surface area contributed by atoms with Gasteiger partial charge in [0.05, 0.1) is 11.3 Å². The van der Waals surface area contributed by atoms with Crippen molar-refractivity contribution in [2.75, 3.05) is 17.3 Å². The summed E-state index contributed by atoms with van der Waals surface area (Å²) in [5.74, 6) is -1.71. The highest BCUT2D eigenvalue weighted by molar-refractivity contribution is 7.84. The van der Waals surface area contributed by atoms with E-state index >= 15 is 0 Å². The summed E-state index contributed by atoms with van der Waals surface area (Å²) in [5.41, 5.74) is -0.304. The molecule has 0 amide bonds. The summed E-state index contributed by atoms with van der Waals surface area (Å²) < 4.78 is 37.8. The Hall–Kier alpha value is -1.48. The molecule has 98 valence electrons. The van der Waals surface area contributed by atoms with E-state index < -0.39 is 22.4 Å². The SMILES string of the molecule is CC(CCS(C)=O)Nc1ccc(C#N)c(F)c1F. The van der Waals surface area contributed by atoms with Crippen molar-refractivity contribution < 1.29 is 13.0 Å². The molecule has 3 nitrogen and oxygen atoms in total. The lowest BCUT2D eigenvalue weighted by Gasteiger charge is -2.15. The quantitative estimate of drug-likeness (QED) is 0.895. The number of rotatable bonds is 5. The maximum absolute atomic E-state index is 13.6. The lowest BCUT2D eigenvalue weighted by molar-refractivity contribution is 0.507. The molecule has 1 aromatic carbocycles. The molecule has 0 aliphatic carbocycles. The number of nitriles is 1. The Morgan fingerprint density at radius 1 is 1.44 bits per heavy atom. The molecule has 1 N–H and O–H groups in total. The first-order chi connectivity index (χ1) is 8.45. The van der Waals surface area contributed by atoms with Crippen LogP contribution >= 0.6 is 0 Å². The third kappa shape index (κ3) is 3.77. The average molecular weight is 272 g/mol. The van der Waals surface area contributed by atoms with Gasteiger partial charge in [0, 0.05) is 28.9 Å². The van der Waals surface area contributed by atoms with Crippen LogP contribution in [-0.4, -0.2) is 22.3 Å². The van der Waals surface area contributed by atoms with E-state index in [0.29, 0.717) is 12.2 Å². The fraction of sp³-hybridized carbons (Fsp3) is 0.417. The van der Waals surface area contributed by atoms with Crippen molar-refractivity contribution in [3.8, 4) is 6.07 Å². The second-order valence-corrected chi connectivity index (χ2v) is 5.57. The smallest absolute Gasteiger partial charge is 0.183 e. The van der Waals surface area contributed by atoms with Crippen LogP contribution in [0.25, 0.3) is 0 Å². The van der Waals surface area contributed by atoms with Crippen LogP contribution in [0.3, 0.4) is 0 Å². The maximum atomic E-state index is 13.6. The number of benzene rings is 1. The first-order valence-electron chi connectivity index (χ1n) is 5.40. The van der Waals surface area contributed by atoms with Gasteiger partial charge < -0.3 is 5.32 Å². The minimum atomic E-state index is -1.14. The van der Waals surface area contributed by atoms with E-state index in [1.807, 2.05) is 0 Å². The van der Waals surface area contributed by atoms with Crippen LogP contribution in [0.5, 0.6) is 0 Å². The van der Waals surface area contributed by atoms with Crippen molar-refractivity contribution >= 4 is 16.5 Å². The largest absolute Gasteiger partial charge is 0.380 e. The second-order valence-electron chi connectivity index (χ2n) is 4.01. The molecule has 0 aliphatic rings. The van der Waals surface area contributed by atoms with Crippen LogP contribution in [0.4, 0.5) is 14.5 Å². The molecule has 6 heteroatoms. The van der Waals surface area contributed by atoms with Crippen molar-refractivity contribution in [1.29, 1.82) is 5.26 Å². The second kappa shape index (κ2) is 6.45. The van der Waals surface area contributed by atoms with Crippen LogP contribution in [-0.2, 0) is 10.8 Å². The van der Waals surface area contributed by atoms with Crippen LogP contribution in [0.2, 0.25) is 0 Å². The Morgan fingerprint density at radius 2 is 2.11 bits per heavy atom. The highest BCUT2D eigenvalue weighted by atomic mass is 32.2. The molecule has 0 bridgehead atoms. The van der Waals surface area contributed by atoms with Crippen molar-refractivity contribution in [1.82, 2.24) is 0 Å². The summed E-state index contributed by atoms with van der Waals surface area (Å²) in [6.45, 7) is 1.79. The summed E-state index contributed by atoms with van der Waals surface area (Å²) in [7, 11) is -0.910. The van der Waals surface area contributed by atoms with Crippen LogP contribution in [0.1, 0.15) is 18.9 Å². The molecular formula is C12H14F2N2OS. The van der Waals surface area contributed by atoms with Crippen LogP contribution < -0.4 is 5.32 Å². The van der Waals surface area contributed by atoms with Gasteiger partial charge in [-0.2, -0.15) is 5.26 Å². The lowest BCUT2D eigenvalue weighted by Crippen LogP contribution is -2.19. The lowest BCUT2D eigenvalue weighted by atomic mass is 10.1. The molecule has 0 fully saturated rings. The molecule has 2 atom stereocenters. The number of nitrogens with one attached hydrogen (secondary N) is 1. The summed E-state index contributed by atoms with van der Waals surface area (Å²) >= 11 is 0. The van der Waals surface area contributed by atoms with Gasteiger partial charge in [-0.25, -0.2) is 8.78 Å². The highest BCUT2D eigenvalue weighted by Crippen LogP contribution is 2.21. The Labute approximate surface area is 107 Å². The first kappa shape index (κ1) is 14.6. The third-order valence-electron chi connectivity index (χ3n) is 2.44. The van der Waals surface area contributed by atoms with Crippen molar-refractivity contribution in [2.24, 2.45) is 0 Å². The van der Waals surface area contributed by atoms with E-state index in [4.69, 9.17) is 5.26 Å². The van der Waals surface area contributed by atoms with Gasteiger partial charge in [0.15, 0.2) is 11.6 Å². The Balaban J connectivity index is 2.77. The fourth-order valence-corrected chi connectivity index (χ4v) is 2.11. The molecule has 0 heterocycles. The number of halogens is 2. The van der Waals surface area contributed by atoms with Crippen molar-refractivity contribution in [3.63, 3.8) is 0 Å². The van der Waals surface area contributed by atoms with Crippen LogP contribution in [0, 0.1) is 23.0 Å². The zero-order chi connectivity index (χ0) is 13.7. The third-order valence-corrected chi connectivity index (χ3v) is 3.25. The Morgan fingerprint density at radius 3 is 2.67 bits per heavy atom. The molecule has 18 heavy (non-hydrogen) atoms. The molecule has 0 spiro atoms. The summed E-state index contributed by atoms with van der Waals surface area (Å²) in [6.07, 6.45) is 2.18. The molecular weight excluding hydrogens is 258 g/mol. The number of anilines is 1. The molecule has 0 saturated heterocycles. The van der Waals surface area contributed by atoms with E-state index in [-0.39, 0.29) is 17.3 Å². The number of hydrogen-bond acceptors (Lipinski definition) is 3. The van der Waals surface area contributed by atoms with Gasteiger partial charge in [-0.1, -0.05) is 0 Å². The van der Waals surface area contributed by atoms with Gasteiger partial charge in [0.25, 0.3) is 0 Å². The number of nitrogens with zero attached hydrogens (tertiary/aromatic N) is 1. The average Bonchev–Trinajstić information content (AvgIpc) is 2.33. The van der Waals surface area contributed by atoms with E-state index in [0.717, 1.165) is 0 Å². The molecule has 1 rings (SSSR count). The van der Waals surface area contributed by atoms with Crippen molar-refractivity contribution in [2.45, 2.75) is 19.4 Å². The predicted molar refractivity (Wildman–Crippen MR) is 67.7 cm³/mol.